The van der Waals surface area contributed by atoms with Crippen molar-refractivity contribution in [3.8, 4) is 5.75 Å². The van der Waals surface area contributed by atoms with Gasteiger partial charge in [0.15, 0.2) is 6.61 Å². The summed E-state index contributed by atoms with van der Waals surface area (Å²) in [7, 11) is 0. The molecule has 1 N–H and O–H groups in total. The van der Waals surface area contributed by atoms with Gasteiger partial charge in [-0.15, -0.1) is 0 Å². The van der Waals surface area contributed by atoms with Gasteiger partial charge in [-0.25, -0.2) is 8.78 Å². The molecule has 0 saturated heterocycles. The summed E-state index contributed by atoms with van der Waals surface area (Å²) in [6.07, 6.45) is 0. The van der Waals surface area contributed by atoms with Crippen molar-refractivity contribution >= 4 is 21.8 Å². The predicted molar refractivity (Wildman–Crippen MR) is 82.6 cm³/mol. The van der Waals surface area contributed by atoms with Crippen LogP contribution >= 0.6 is 15.9 Å². The first-order chi connectivity index (χ1) is 10.5. The molecular weight excluding hydrogens is 356 g/mol. The van der Waals surface area contributed by atoms with Crippen molar-refractivity contribution in [2.24, 2.45) is 0 Å². The number of rotatable bonds is 5. The fourth-order valence-corrected chi connectivity index (χ4v) is 2.32. The van der Waals surface area contributed by atoms with Gasteiger partial charge in [-0.2, -0.15) is 0 Å². The van der Waals surface area contributed by atoms with Crippen molar-refractivity contribution in [2.75, 3.05) is 6.61 Å². The Morgan fingerprint density at radius 2 is 1.82 bits per heavy atom. The van der Waals surface area contributed by atoms with Crippen LogP contribution in [0.25, 0.3) is 0 Å². The van der Waals surface area contributed by atoms with Crippen molar-refractivity contribution in [3.63, 3.8) is 0 Å². The molecule has 0 aliphatic carbocycles. The molecule has 1 amide bonds. The van der Waals surface area contributed by atoms with Gasteiger partial charge >= 0.3 is 0 Å². The number of hydrogen-bond acceptors (Lipinski definition) is 2. The molecule has 3 nitrogen and oxygen atoms in total. The van der Waals surface area contributed by atoms with E-state index >= 15 is 0 Å². The molecule has 22 heavy (non-hydrogen) atoms. The van der Waals surface area contributed by atoms with Gasteiger partial charge in [-0.1, -0.05) is 12.1 Å². The van der Waals surface area contributed by atoms with Crippen LogP contribution in [0.5, 0.6) is 5.75 Å². The highest BCUT2D eigenvalue weighted by molar-refractivity contribution is 9.10. The van der Waals surface area contributed by atoms with Crippen molar-refractivity contribution in [1.29, 1.82) is 0 Å². The van der Waals surface area contributed by atoms with Crippen LogP contribution < -0.4 is 10.1 Å². The lowest BCUT2D eigenvalue weighted by Crippen LogP contribution is -2.31. The quantitative estimate of drug-likeness (QED) is 0.865. The standard InChI is InChI=1S/C16H14BrF2NO2/c1-10(11-2-4-12(18)5-3-11)20-16(21)9-22-15-7-6-13(19)8-14(15)17/h2-8,10H,9H2,1H3,(H,20,21). The summed E-state index contributed by atoms with van der Waals surface area (Å²) in [6, 6.07) is 9.57. The molecule has 0 radical (unpaired) electrons. The number of benzene rings is 2. The van der Waals surface area contributed by atoms with Crippen molar-refractivity contribution < 1.29 is 18.3 Å². The van der Waals surface area contributed by atoms with Crippen LogP contribution in [0.4, 0.5) is 8.78 Å². The van der Waals surface area contributed by atoms with Crippen LogP contribution in [0.1, 0.15) is 18.5 Å². The highest BCUT2D eigenvalue weighted by atomic mass is 79.9. The summed E-state index contributed by atoms with van der Waals surface area (Å²) < 4.78 is 31.6. The number of amides is 1. The number of carbonyl (C=O) groups is 1. The van der Waals surface area contributed by atoms with Crippen molar-refractivity contribution in [2.45, 2.75) is 13.0 Å². The maximum absolute atomic E-state index is 12.9. The van der Waals surface area contributed by atoms with Crippen molar-refractivity contribution in [3.05, 3.63) is 64.1 Å². The molecule has 0 spiro atoms. The third-order valence-electron chi connectivity index (χ3n) is 3.00. The zero-order valence-electron chi connectivity index (χ0n) is 11.8. The van der Waals surface area contributed by atoms with Gasteiger partial charge in [0, 0.05) is 0 Å². The summed E-state index contributed by atoms with van der Waals surface area (Å²) in [5, 5.41) is 2.74. The SMILES string of the molecule is CC(NC(=O)COc1ccc(F)cc1Br)c1ccc(F)cc1. The molecule has 0 bridgehead atoms. The fourth-order valence-electron chi connectivity index (χ4n) is 1.85. The molecule has 1 atom stereocenters. The Balaban J connectivity index is 1.88. The molecule has 116 valence electrons. The summed E-state index contributed by atoms with van der Waals surface area (Å²) in [5.41, 5.74) is 0.790. The molecule has 6 heteroatoms. The maximum Gasteiger partial charge on any atom is 0.258 e. The number of hydrogen-bond donors (Lipinski definition) is 1. The zero-order chi connectivity index (χ0) is 16.1. The number of nitrogens with one attached hydrogen (secondary N) is 1. The molecular formula is C16H14BrF2NO2. The fraction of sp³-hybridized carbons (Fsp3) is 0.188. The Hall–Kier alpha value is -1.95. The van der Waals surface area contributed by atoms with Gasteiger partial charge in [0.1, 0.15) is 17.4 Å². The molecule has 0 heterocycles. The Bertz CT molecular complexity index is 662. The Labute approximate surface area is 135 Å². The van der Waals surface area contributed by atoms with Gasteiger partial charge in [0.05, 0.1) is 10.5 Å². The number of ether oxygens (including phenoxy) is 1. The van der Waals surface area contributed by atoms with Gasteiger partial charge in [0.2, 0.25) is 0 Å². The molecule has 0 aromatic heterocycles. The van der Waals surface area contributed by atoms with Crippen LogP contribution in [0.2, 0.25) is 0 Å². The van der Waals surface area contributed by atoms with Crippen molar-refractivity contribution in [1.82, 2.24) is 5.32 Å². The van der Waals surface area contributed by atoms with Crippen LogP contribution in [0, 0.1) is 11.6 Å². The summed E-state index contributed by atoms with van der Waals surface area (Å²) in [4.78, 5) is 11.8. The summed E-state index contributed by atoms with van der Waals surface area (Å²) >= 11 is 3.16. The van der Waals surface area contributed by atoms with Crippen LogP contribution in [-0.4, -0.2) is 12.5 Å². The molecule has 2 aromatic rings. The summed E-state index contributed by atoms with van der Waals surface area (Å²) in [6.45, 7) is 1.59. The van der Waals surface area contributed by atoms with Gasteiger partial charge < -0.3 is 10.1 Å². The zero-order valence-corrected chi connectivity index (χ0v) is 13.4. The molecule has 0 aliphatic heterocycles. The van der Waals surface area contributed by atoms with Crippen LogP contribution in [-0.2, 0) is 4.79 Å². The topological polar surface area (TPSA) is 38.3 Å². The first-order valence-corrected chi connectivity index (χ1v) is 7.37. The minimum atomic E-state index is -0.395. The Morgan fingerprint density at radius 3 is 2.45 bits per heavy atom. The first-order valence-electron chi connectivity index (χ1n) is 6.58. The van der Waals surface area contributed by atoms with Gasteiger partial charge in [-0.05, 0) is 58.7 Å². The average Bonchev–Trinajstić information content (AvgIpc) is 2.47. The van der Waals surface area contributed by atoms with Crippen LogP contribution in [0.15, 0.2) is 46.9 Å². The largest absolute Gasteiger partial charge is 0.483 e. The number of halogens is 3. The van der Waals surface area contributed by atoms with E-state index in [9.17, 15) is 13.6 Å². The van der Waals surface area contributed by atoms with Crippen LogP contribution in [0.3, 0.4) is 0 Å². The average molecular weight is 370 g/mol. The van der Waals surface area contributed by atoms with E-state index in [4.69, 9.17) is 4.74 Å². The van der Waals surface area contributed by atoms with E-state index in [2.05, 4.69) is 21.2 Å². The minimum absolute atomic E-state index is 0.199. The van der Waals surface area contributed by atoms with E-state index in [1.165, 1.54) is 30.3 Å². The van der Waals surface area contributed by atoms with E-state index in [0.717, 1.165) is 5.56 Å². The summed E-state index contributed by atoms with van der Waals surface area (Å²) in [5.74, 6) is -0.667. The first kappa shape index (κ1) is 16.4. The Kier molecular flexibility index (Phi) is 5.49. The molecule has 0 saturated carbocycles. The third-order valence-corrected chi connectivity index (χ3v) is 3.62. The van der Waals surface area contributed by atoms with E-state index in [0.29, 0.717) is 10.2 Å². The monoisotopic (exact) mass is 369 g/mol. The molecule has 2 aromatic carbocycles. The second-order valence-corrected chi connectivity index (χ2v) is 5.56. The molecule has 2 rings (SSSR count). The lowest BCUT2D eigenvalue weighted by atomic mass is 10.1. The van der Waals surface area contributed by atoms with E-state index < -0.39 is 5.82 Å². The van der Waals surface area contributed by atoms with E-state index in [-0.39, 0.29) is 24.4 Å². The Morgan fingerprint density at radius 1 is 1.18 bits per heavy atom. The minimum Gasteiger partial charge on any atom is -0.483 e. The maximum atomic E-state index is 12.9. The lowest BCUT2D eigenvalue weighted by Gasteiger charge is -2.15. The number of carbonyl (C=O) groups excluding carboxylic acids is 1. The normalized spacial score (nSPS) is 11.8. The second-order valence-electron chi connectivity index (χ2n) is 4.70. The molecule has 0 fully saturated rings. The smallest absolute Gasteiger partial charge is 0.258 e. The predicted octanol–water partition coefficient (Wildman–Crippen LogP) is 3.98. The van der Waals surface area contributed by atoms with Gasteiger partial charge in [0.25, 0.3) is 5.91 Å². The molecule has 0 aliphatic rings. The highest BCUT2D eigenvalue weighted by Gasteiger charge is 2.11. The van der Waals surface area contributed by atoms with E-state index in [1.807, 2.05) is 0 Å². The third kappa shape index (κ3) is 4.53. The highest BCUT2D eigenvalue weighted by Crippen LogP contribution is 2.25. The van der Waals surface area contributed by atoms with E-state index in [1.54, 1.807) is 19.1 Å². The lowest BCUT2D eigenvalue weighted by molar-refractivity contribution is -0.123. The second kappa shape index (κ2) is 7.35. The van der Waals surface area contributed by atoms with Gasteiger partial charge in [-0.3, -0.25) is 4.79 Å². The molecule has 1 unspecified atom stereocenters.